The minimum Gasteiger partial charge on any atom is -0.456 e. The van der Waals surface area contributed by atoms with E-state index < -0.39 is 52.5 Å². The quantitative estimate of drug-likeness (QED) is 0.265. The molecule has 232 valence electrons. The number of ether oxygens (including phenoxy) is 1. The molecule has 0 aromatic heterocycles. The number of esters is 1. The van der Waals surface area contributed by atoms with Crippen LogP contribution in [0.4, 0.5) is 14.5 Å². The summed E-state index contributed by atoms with van der Waals surface area (Å²) in [6, 6.07) is 14.8. The average molecular weight is 643 g/mol. The van der Waals surface area contributed by atoms with Crippen molar-refractivity contribution in [1.82, 2.24) is 5.32 Å². The molecule has 0 spiro atoms. The van der Waals surface area contributed by atoms with Crippen molar-refractivity contribution in [3.8, 4) is 6.07 Å². The zero-order valence-electron chi connectivity index (χ0n) is 25.4. The third-order valence-corrected chi connectivity index (χ3v) is 8.05. The molecule has 0 bridgehead atoms. The van der Waals surface area contributed by atoms with Crippen LogP contribution >= 0.6 is 23.2 Å². The first-order valence-corrected chi connectivity index (χ1v) is 14.9. The molecule has 3 aromatic carbocycles. The molecular formula is C34H35Cl2F2N3O3. The number of nitriles is 1. The summed E-state index contributed by atoms with van der Waals surface area (Å²) in [6.07, 6.45) is 0.343. The Bertz CT molecular complexity index is 1610. The number of carbonyl (C=O) groups excluding carboxylic acids is 2. The number of halogens is 4. The van der Waals surface area contributed by atoms with Crippen LogP contribution in [0.5, 0.6) is 0 Å². The van der Waals surface area contributed by atoms with Crippen LogP contribution in [-0.4, -0.2) is 29.6 Å². The van der Waals surface area contributed by atoms with Crippen LogP contribution in [0, 0.1) is 28.4 Å². The van der Waals surface area contributed by atoms with Gasteiger partial charge in [-0.2, -0.15) is 5.26 Å². The zero-order chi connectivity index (χ0) is 32.6. The summed E-state index contributed by atoms with van der Waals surface area (Å²) in [5.74, 6) is -3.84. The average Bonchev–Trinajstić information content (AvgIpc) is 3.22. The van der Waals surface area contributed by atoms with Gasteiger partial charge in [0.1, 0.15) is 22.7 Å². The molecule has 1 aliphatic heterocycles. The van der Waals surface area contributed by atoms with Gasteiger partial charge in [0.2, 0.25) is 5.91 Å². The lowest BCUT2D eigenvalue weighted by Gasteiger charge is -2.37. The molecule has 44 heavy (non-hydrogen) atoms. The highest BCUT2D eigenvalue weighted by Gasteiger charge is 2.61. The first-order valence-electron chi connectivity index (χ1n) is 14.2. The molecule has 1 saturated heterocycles. The van der Waals surface area contributed by atoms with E-state index in [2.05, 4.69) is 16.7 Å². The van der Waals surface area contributed by atoms with Crippen LogP contribution in [-0.2, 0) is 14.9 Å². The van der Waals surface area contributed by atoms with Gasteiger partial charge >= 0.3 is 5.97 Å². The lowest BCUT2D eigenvalue weighted by Crippen LogP contribution is -2.45. The summed E-state index contributed by atoms with van der Waals surface area (Å²) in [4.78, 5) is 26.5. The number of hydrogen-bond donors (Lipinski definition) is 2. The monoisotopic (exact) mass is 641 g/mol. The molecule has 1 aliphatic rings. The molecule has 3 aromatic rings. The summed E-state index contributed by atoms with van der Waals surface area (Å²) in [7, 11) is 0. The van der Waals surface area contributed by atoms with Gasteiger partial charge in [0, 0.05) is 28.2 Å². The molecule has 1 heterocycles. The van der Waals surface area contributed by atoms with Gasteiger partial charge in [0.15, 0.2) is 0 Å². The summed E-state index contributed by atoms with van der Waals surface area (Å²) in [5.41, 5.74) is -2.15. The lowest BCUT2D eigenvalue weighted by atomic mass is 9.62. The molecule has 10 heteroatoms. The minimum absolute atomic E-state index is 0.00210. The van der Waals surface area contributed by atoms with Crippen molar-refractivity contribution in [2.45, 2.75) is 77.0 Å². The van der Waals surface area contributed by atoms with Gasteiger partial charge in [0.05, 0.1) is 22.7 Å². The SMILES string of the molecule is CC(C)(C)C[C@H]1N[C@H](C(=O)Nc2ccc(C(=O)OC(C)(C)C)cc2)[C@@H](c2cccc(Cl)c2F)[C@]1(C#N)c1ccc(Cl)cc1F. The topological polar surface area (TPSA) is 91.2 Å². The first-order chi connectivity index (χ1) is 20.5. The molecule has 0 saturated carbocycles. The van der Waals surface area contributed by atoms with E-state index in [1.54, 1.807) is 32.9 Å². The molecule has 6 nitrogen and oxygen atoms in total. The van der Waals surface area contributed by atoms with Crippen molar-refractivity contribution in [3.05, 3.63) is 99.0 Å². The molecule has 1 fully saturated rings. The Morgan fingerprint density at radius 2 is 1.68 bits per heavy atom. The van der Waals surface area contributed by atoms with E-state index in [9.17, 15) is 14.9 Å². The van der Waals surface area contributed by atoms with E-state index in [4.69, 9.17) is 27.9 Å². The van der Waals surface area contributed by atoms with Crippen LogP contribution in [0.15, 0.2) is 60.7 Å². The Kier molecular flexibility index (Phi) is 9.46. The Morgan fingerprint density at radius 3 is 2.25 bits per heavy atom. The number of hydrogen-bond acceptors (Lipinski definition) is 5. The molecule has 4 atom stereocenters. The fraction of sp³-hybridized carbons (Fsp3) is 0.382. The number of amides is 1. The standard InChI is InChI=1S/C34H35Cl2F2N3O3/c1-32(2,3)17-26-34(18-39,23-15-12-20(35)16-25(23)37)27(22-8-7-9-24(36)28(22)38)29(41-26)30(42)40-21-13-10-19(11-14-21)31(43)44-33(4,5)6/h7-16,26-27,29,41H,17H2,1-6H3,(H,40,42)/t26-,27-,29+,34-/m1/s1. The third kappa shape index (κ3) is 6.91. The second-order valence-corrected chi connectivity index (χ2v) is 14.1. The molecular weight excluding hydrogens is 607 g/mol. The van der Waals surface area contributed by atoms with E-state index in [1.807, 2.05) is 20.8 Å². The van der Waals surface area contributed by atoms with Crippen molar-refractivity contribution in [3.63, 3.8) is 0 Å². The second kappa shape index (κ2) is 12.5. The van der Waals surface area contributed by atoms with Crippen LogP contribution in [0.3, 0.4) is 0 Å². The van der Waals surface area contributed by atoms with Gasteiger partial charge < -0.3 is 15.4 Å². The lowest BCUT2D eigenvalue weighted by molar-refractivity contribution is -0.118. The second-order valence-electron chi connectivity index (χ2n) is 13.3. The maximum atomic E-state index is 15.8. The Labute approximate surface area is 266 Å². The van der Waals surface area contributed by atoms with Gasteiger partial charge in [0.25, 0.3) is 0 Å². The minimum atomic E-state index is -1.74. The number of rotatable bonds is 6. The van der Waals surface area contributed by atoms with Crippen molar-refractivity contribution in [2.24, 2.45) is 5.41 Å². The highest BCUT2D eigenvalue weighted by atomic mass is 35.5. The summed E-state index contributed by atoms with van der Waals surface area (Å²) >= 11 is 12.3. The zero-order valence-corrected chi connectivity index (χ0v) is 26.9. The van der Waals surface area contributed by atoms with Crippen molar-refractivity contribution in [1.29, 1.82) is 5.26 Å². The smallest absolute Gasteiger partial charge is 0.338 e. The Hall–Kier alpha value is -3.51. The Balaban J connectivity index is 1.83. The fourth-order valence-electron chi connectivity index (χ4n) is 5.80. The molecule has 0 aliphatic carbocycles. The van der Waals surface area contributed by atoms with E-state index in [0.29, 0.717) is 17.7 Å². The van der Waals surface area contributed by atoms with Gasteiger partial charge in [-0.3, -0.25) is 4.79 Å². The van der Waals surface area contributed by atoms with E-state index in [0.717, 1.165) is 6.07 Å². The maximum absolute atomic E-state index is 15.8. The van der Waals surface area contributed by atoms with Gasteiger partial charge in [-0.25, -0.2) is 13.6 Å². The van der Waals surface area contributed by atoms with Crippen molar-refractivity contribution in [2.75, 3.05) is 5.32 Å². The van der Waals surface area contributed by atoms with Gasteiger partial charge in [-0.05, 0) is 80.6 Å². The third-order valence-electron chi connectivity index (χ3n) is 7.52. The Morgan fingerprint density at radius 1 is 1.02 bits per heavy atom. The van der Waals surface area contributed by atoms with E-state index in [-0.39, 0.29) is 26.6 Å². The van der Waals surface area contributed by atoms with Crippen molar-refractivity contribution < 1.29 is 23.1 Å². The molecule has 1 amide bonds. The number of nitrogens with one attached hydrogen (secondary N) is 2. The largest absolute Gasteiger partial charge is 0.456 e. The molecule has 4 rings (SSSR count). The number of benzene rings is 3. The van der Waals surface area contributed by atoms with Crippen LogP contribution < -0.4 is 10.6 Å². The fourth-order valence-corrected chi connectivity index (χ4v) is 6.14. The predicted octanol–water partition coefficient (Wildman–Crippen LogP) is 8.19. The number of anilines is 1. The number of carbonyl (C=O) groups is 2. The van der Waals surface area contributed by atoms with Gasteiger partial charge in [-0.1, -0.05) is 62.2 Å². The highest BCUT2D eigenvalue weighted by molar-refractivity contribution is 6.31. The predicted molar refractivity (Wildman–Crippen MR) is 168 cm³/mol. The summed E-state index contributed by atoms with van der Waals surface area (Å²) in [6.45, 7) is 11.2. The van der Waals surface area contributed by atoms with Crippen LogP contribution in [0.2, 0.25) is 10.0 Å². The number of nitrogens with zero attached hydrogens (tertiary/aromatic N) is 1. The molecule has 2 N–H and O–H groups in total. The highest BCUT2D eigenvalue weighted by Crippen LogP contribution is 2.52. The van der Waals surface area contributed by atoms with Crippen LogP contribution in [0.25, 0.3) is 0 Å². The van der Waals surface area contributed by atoms with Gasteiger partial charge in [-0.15, -0.1) is 0 Å². The van der Waals surface area contributed by atoms with E-state index in [1.165, 1.54) is 42.5 Å². The van der Waals surface area contributed by atoms with Crippen LogP contribution in [0.1, 0.15) is 75.4 Å². The normalized spacial score (nSPS) is 21.9. The maximum Gasteiger partial charge on any atom is 0.338 e. The first kappa shape index (κ1) is 33.4. The van der Waals surface area contributed by atoms with E-state index >= 15 is 8.78 Å². The molecule has 0 radical (unpaired) electrons. The summed E-state index contributed by atoms with van der Waals surface area (Å²) < 4.78 is 37.0. The van der Waals surface area contributed by atoms with Crippen molar-refractivity contribution >= 4 is 40.8 Å². The summed E-state index contributed by atoms with van der Waals surface area (Å²) in [5, 5.41) is 17.0. The molecule has 0 unspecified atom stereocenters.